The van der Waals surface area contributed by atoms with Gasteiger partial charge in [-0.2, -0.15) is 0 Å². The topological polar surface area (TPSA) is 40.5 Å². The van der Waals surface area contributed by atoms with E-state index in [-0.39, 0.29) is 30.2 Å². The molecule has 3 nitrogen and oxygen atoms in total. The van der Waals surface area contributed by atoms with Crippen LogP contribution in [-0.4, -0.2) is 35.1 Å². The van der Waals surface area contributed by atoms with E-state index >= 15 is 0 Å². The van der Waals surface area contributed by atoms with Crippen molar-refractivity contribution in [1.82, 2.24) is 4.90 Å². The third kappa shape index (κ3) is 2.37. The van der Waals surface area contributed by atoms with Gasteiger partial charge in [0.25, 0.3) is 0 Å². The Morgan fingerprint density at radius 3 is 2.84 bits per heavy atom. The number of benzene rings is 1. The maximum Gasteiger partial charge on any atom is 0.227 e. The van der Waals surface area contributed by atoms with E-state index in [9.17, 15) is 14.3 Å². The highest BCUT2D eigenvalue weighted by Crippen LogP contribution is 2.38. The number of aliphatic hydroxyl groups is 1. The SMILES string of the molecule is O=C(Cc1ccccc1F)N1CC2CCC(O)C2C1. The van der Waals surface area contributed by atoms with Crippen molar-refractivity contribution in [2.24, 2.45) is 11.8 Å². The summed E-state index contributed by atoms with van der Waals surface area (Å²) in [5.41, 5.74) is 0.449. The van der Waals surface area contributed by atoms with E-state index in [1.165, 1.54) is 6.07 Å². The second kappa shape index (κ2) is 4.93. The molecule has 0 bridgehead atoms. The Bertz CT molecular complexity index is 491. The van der Waals surface area contributed by atoms with Crippen LogP contribution in [0.1, 0.15) is 18.4 Å². The van der Waals surface area contributed by atoms with Crippen LogP contribution in [0.5, 0.6) is 0 Å². The molecule has 1 saturated heterocycles. The number of aliphatic hydroxyl groups excluding tert-OH is 1. The second-order valence-electron chi connectivity index (χ2n) is 5.64. The molecule has 2 fully saturated rings. The maximum atomic E-state index is 13.5. The molecule has 2 aliphatic rings. The van der Waals surface area contributed by atoms with Gasteiger partial charge in [-0.1, -0.05) is 18.2 Å². The second-order valence-corrected chi connectivity index (χ2v) is 5.64. The number of carbonyl (C=O) groups excluding carboxylic acids is 1. The lowest BCUT2D eigenvalue weighted by atomic mass is 10.00. The highest BCUT2D eigenvalue weighted by Gasteiger charge is 2.43. The van der Waals surface area contributed by atoms with Crippen LogP contribution in [0.15, 0.2) is 24.3 Å². The van der Waals surface area contributed by atoms with Crippen LogP contribution in [0, 0.1) is 17.7 Å². The van der Waals surface area contributed by atoms with E-state index in [1.54, 1.807) is 23.1 Å². The summed E-state index contributed by atoms with van der Waals surface area (Å²) >= 11 is 0. The number of amides is 1. The van der Waals surface area contributed by atoms with Gasteiger partial charge in [-0.25, -0.2) is 4.39 Å². The van der Waals surface area contributed by atoms with E-state index in [2.05, 4.69) is 0 Å². The number of likely N-dealkylation sites (tertiary alicyclic amines) is 1. The fraction of sp³-hybridized carbons (Fsp3) is 0.533. The lowest BCUT2D eigenvalue weighted by Gasteiger charge is -2.18. The Balaban J connectivity index is 1.65. The van der Waals surface area contributed by atoms with Gasteiger partial charge in [0.05, 0.1) is 12.5 Å². The van der Waals surface area contributed by atoms with Gasteiger partial charge in [0.2, 0.25) is 5.91 Å². The summed E-state index contributed by atoms with van der Waals surface area (Å²) < 4.78 is 13.5. The average molecular weight is 263 g/mol. The lowest BCUT2D eigenvalue weighted by Crippen LogP contribution is -2.32. The zero-order valence-corrected chi connectivity index (χ0v) is 10.8. The summed E-state index contributed by atoms with van der Waals surface area (Å²) in [6.45, 7) is 1.34. The number of hydrogen-bond donors (Lipinski definition) is 1. The van der Waals surface area contributed by atoms with E-state index in [0.29, 0.717) is 18.0 Å². The Morgan fingerprint density at radius 2 is 2.11 bits per heavy atom. The minimum atomic E-state index is -0.324. The quantitative estimate of drug-likeness (QED) is 0.880. The zero-order chi connectivity index (χ0) is 13.4. The van der Waals surface area contributed by atoms with Crippen molar-refractivity contribution in [3.63, 3.8) is 0 Å². The molecule has 1 heterocycles. The first kappa shape index (κ1) is 12.6. The van der Waals surface area contributed by atoms with Crippen LogP contribution in [0.3, 0.4) is 0 Å². The molecule has 0 aromatic heterocycles. The Kier molecular flexibility index (Phi) is 3.27. The van der Waals surface area contributed by atoms with Gasteiger partial charge in [0.1, 0.15) is 5.82 Å². The number of carbonyl (C=O) groups is 1. The molecule has 102 valence electrons. The summed E-state index contributed by atoms with van der Waals surface area (Å²) in [4.78, 5) is 14.0. The van der Waals surface area contributed by atoms with Crippen LogP contribution in [0.25, 0.3) is 0 Å². The molecule has 1 aromatic carbocycles. The molecule has 1 amide bonds. The monoisotopic (exact) mass is 263 g/mol. The smallest absolute Gasteiger partial charge is 0.227 e. The Hall–Kier alpha value is -1.42. The largest absolute Gasteiger partial charge is 0.393 e. The van der Waals surface area contributed by atoms with Gasteiger partial charge in [-0.3, -0.25) is 4.79 Å². The highest BCUT2D eigenvalue weighted by atomic mass is 19.1. The highest BCUT2D eigenvalue weighted by molar-refractivity contribution is 5.79. The summed E-state index contributed by atoms with van der Waals surface area (Å²) in [5, 5.41) is 9.83. The van der Waals surface area contributed by atoms with Crippen molar-refractivity contribution < 1.29 is 14.3 Å². The summed E-state index contributed by atoms with van der Waals surface area (Å²) in [6.07, 6.45) is 1.69. The van der Waals surface area contributed by atoms with Gasteiger partial charge in [0.15, 0.2) is 0 Å². The van der Waals surface area contributed by atoms with Gasteiger partial charge < -0.3 is 10.0 Å². The summed E-state index contributed by atoms with van der Waals surface area (Å²) in [6, 6.07) is 6.40. The average Bonchev–Trinajstić information content (AvgIpc) is 2.95. The van der Waals surface area contributed by atoms with Crippen LogP contribution in [0.2, 0.25) is 0 Å². The fourth-order valence-electron chi connectivity index (χ4n) is 3.36. The van der Waals surface area contributed by atoms with E-state index in [4.69, 9.17) is 0 Å². The normalized spacial score (nSPS) is 29.6. The van der Waals surface area contributed by atoms with Crippen LogP contribution >= 0.6 is 0 Å². The van der Waals surface area contributed by atoms with Crippen molar-refractivity contribution in [1.29, 1.82) is 0 Å². The minimum Gasteiger partial charge on any atom is -0.393 e. The molecule has 1 aliphatic carbocycles. The minimum absolute atomic E-state index is 0.0355. The third-order valence-corrected chi connectivity index (χ3v) is 4.47. The summed E-state index contributed by atoms with van der Waals surface area (Å²) in [5.74, 6) is 0.297. The van der Waals surface area contributed by atoms with Crippen LogP contribution in [-0.2, 0) is 11.2 Å². The molecule has 1 N–H and O–H groups in total. The standard InChI is InChI=1S/C15H18FNO2/c16-13-4-2-1-3-10(13)7-15(19)17-8-11-5-6-14(18)12(11)9-17/h1-4,11-12,14,18H,5-9H2. The zero-order valence-electron chi connectivity index (χ0n) is 10.8. The predicted molar refractivity (Wildman–Crippen MR) is 68.9 cm³/mol. The van der Waals surface area contributed by atoms with Gasteiger partial charge in [0, 0.05) is 19.0 Å². The van der Waals surface area contributed by atoms with Gasteiger partial charge in [-0.05, 0) is 30.4 Å². The maximum absolute atomic E-state index is 13.5. The first-order valence-electron chi connectivity index (χ1n) is 6.84. The predicted octanol–water partition coefficient (Wildman–Crippen LogP) is 1.60. The Labute approximate surface area is 112 Å². The summed E-state index contributed by atoms with van der Waals surface area (Å²) in [7, 11) is 0. The molecular weight excluding hydrogens is 245 g/mol. The molecule has 19 heavy (non-hydrogen) atoms. The van der Waals surface area contributed by atoms with Crippen molar-refractivity contribution in [2.75, 3.05) is 13.1 Å². The first-order chi connectivity index (χ1) is 9.15. The molecule has 1 aromatic rings. The lowest BCUT2D eigenvalue weighted by molar-refractivity contribution is -0.129. The molecule has 1 saturated carbocycles. The van der Waals surface area contributed by atoms with E-state index < -0.39 is 0 Å². The number of nitrogens with zero attached hydrogens (tertiary/aromatic N) is 1. The molecule has 4 heteroatoms. The fourth-order valence-corrected chi connectivity index (χ4v) is 3.36. The van der Waals surface area contributed by atoms with Crippen LogP contribution in [0.4, 0.5) is 4.39 Å². The Morgan fingerprint density at radius 1 is 1.32 bits per heavy atom. The molecule has 3 unspecified atom stereocenters. The van der Waals surface area contributed by atoms with Crippen molar-refractivity contribution in [3.05, 3.63) is 35.6 Å². The molecule has 0 spiro atoms. The number of fused-ring (bicyclic) bond motifs is 1. The third-order valence-electron chi connectivity index (χ3n) is 4.47. The molecular formula is C15H18FNO2. The van der Waals surface area contributed by atoms with Crippen LogP contribution < -0.4 is 0 Å². The molecule has 3 atom stereocenters. The molecule has 0 radical (unpaired) electrons. The van der Waals surface area contributed by atoms with E-state index in [1.807, 2.05) is 0 Å². The molecule has 3 rings (SSSR count). The number of halogens is 1. The molecule has 1 aliphatic heterocycles. The van der Waals surface area contributed by atoms with Crippen molar-refractivity contribution >= 4 is 5.91 Å². The van der Waals surface area contributed by atoms with Crippen molar-refractivity contribution in [3.8, 4) is 0 Å². The van der Waals surface area contributed by atoms with Gasteiger partial charge in [-0.15, -0.1) is 0 Å². The number of rotatable bonds is 2. The van der Waals surface area contributed by atoms with Gasteiger partial charge >= 0.3 is 0 Å². The van der Waals surface area contributed by atoms with Crippen molar-refractivity contribution in [2.45, 2.75) is 25.4 Å². The first-order valence-corrected chi connectivity index (χ1v) is 6.84. The number of hydrogen-bond acceptors (Lipinski definition) is 2. The van der Waals surface area contributed by atoms with E-state index in [0.717, 1.165) is 19.4 Å².